The first-order valence-electron chi connectivity index (χ1n) is 3.78. The van der Waals surface area contributed by atoms with E-state index in [0.29, 0.717) is 0 Å². The molecule has 0 aromatic heterocycles. The third kappa shape index (κ3) is 2760. The fourth-order valence-electron chi connectivity index (χ4n) is 0. The molecule has 0 radical (unpaired) electrons. The number of rotatable bonds is 0. The predicted octanol–water partition coefficient (Wildman–Crippen LogP) is 0.834. The third-order valence-corrected chi connectivity index (χ3v) is 0. The second-order valence-corrected chi connectivity index (χ2v) is 0.949. The van der Waals surface area contributed by atoms with E-state index in [0.717, 1.165) is 0 Å². The Bertz CT molecular complexity index is 19.0. The zero-order chi connectivity index (χ0) is 10.1. The molecule has 0 aromatic carbocycles. The minimum absolute atomic E-state index is 0. The van der Waals surface area contributed by atoms with Gasteiger partial charge in [0.05, 0.1) is 0 Å². The average Bonchev–Trinajstić information content (AvgIpc) is 1.96. The standard InChI is InChI=1S/3C2H6O.C2H5.Ti/c3*1-2-3;1-2;/h3*3H,2H2,1H3;1H2,2H3;/q;;;-1;. The molecule has 0 aliphatic heterocycles. The molecular formula is C8H23O3Ti-. The van der Waals surface area contributed by atoms with E-state index in [-0.39, 0.29) is 41.5 Å². The molecule has 0 aliphatic carbocycles. The Kier molecular flexibility index (Phi) is 246. The monoisotopic (exact) mass is 215 g/mol. The molecule has 12 heavy (non-hydrogen) atoms. The molecule has 0 saturated heterocycles. The van der Waals surface area contributed by atoms with Gasteiger partial charge in [0.1, 0.15) is 0 Å². The van der Waals surface area contributed by atoms with E-state index in [9.17, 15) is 0 Å². The summed E-state index contributed by atoms with van der Waals surface area (Å²) in [7, 11) is 0. The first-order chi connectivity index (χ1) is 5.24. The van der Waals surface area contributed by atoms with Crippen LogP contribution >= 0.6 is 0 Å². The molecule has 78 valence electrons. The van der Waals surface area contributed by atoms with Gasteiger partial charge in [0, 0.05) is 41.5 Å². The Balaban J connectivity index is -0.0000000179. The van der Waals surface area contributed by atoms with Crippen molar-refractivity contribution in [2.75, 3.05) is 19.8 Å². The summed E-state index contributed by atoms with van der Waals surface area (Å²) >= 11 is 0. The molecule has 0 aliphatic rings. The number of aliphatic hydroxyl groups is 3. The van der Waals surface area contributed by atoms with Crippen molar-refractivity contribution in [2.24, 2.45) is 0 Å². The minimum Gasteiger partial charge on any atom is -0.397 e. The summed E-state index contributed by atoms with van der Waals surface area (Å²) < 4.78 is 0. The van der Waals surface area contributed by atoms with Crippen molar-refractivity contribution in [1.82, 2.24) is 0 Å². The van der Waals surface area contributed by atoms with Crippen LogP contribution in [0, 0.1) is 6.92 Å². The summed E-state index contributed by atoms with van der Waals surface area (Å²) in [5.41, 5.74) is 0. The van der Waals surface area contributed by atoms with E-state index in [1.165, 1.54) is 0 Å². The molecule has 0 bridgehead atoms. The van der Waals surface area contributed by atoms with Gasteiger partial charge in [-0.2, -0.15) is 6.92 Å². The molecule has 0 saturated carbocycles. The molecule has 3 nitrogen and oxygen atoms in total. The van der Waals surface area contributed by atoms with Gasteiger partial charge in [-0.25, -0.2) is 0 Å². The van der Waals surface area contributed by atoms with Crippen molar-refractivity contribution < 1.29 is 37.0 Å². The van der Waals surface area contributed by atoms with Gasteiger partial charge in [-0.05, 0) is 20.8 Å². The third-order valence-electron chi connectivity index (χ3n) is 0. The SMILES string of the molecule is CCO.CCO.CCO.[CH2-]C.[Ti]. The quantitative estimate of drug-likeness (QED) is 0.414. The van der Waals surface area contributed by atoms with Crippen molar-refractivity contribution in [3.63, 3.8) is 0 Å². The Morgan fingerprint density at radius 2 is 0.750 bits per heavy atom. The first kappa shape index (κ1) is 29.4. The number of hydrogen-bond acceptors (Lipinski definition) is 3. The van der Waals surface area contributed by atoms with E-state index in [2.05, 4.69) is 6.92 Å². The maximum absolute atomic E-state index is 7.57. The van der Waals surface area contributed by atoms with Crippen molar-refractivity contribution in [1.29, 1.82) is 0 Å². The van der Waals surface area contributed by atoms with Crippen LogP contribution in [0.1, 0.15) is 27.7 Å². The van der Waals surface area contributed by atoms with E-state index >= 15 is 0 Å². The molecule has 0 rings (SSSR count). The summed E-state index contributed by atoms with van der Waals surface area (Å²) in [6, 6.07) is 0. The summed E-state index contributed by atoms with van der Waals surface area (Å²) in [4.78, 5) is 0. The summed E-state index contributed by atoms with van der Waals surface area (Å²) in [5.74, 6) is 0. The maximum atomic E-state index is 7.57. The molecule has 0 fully saturated rings. The Morgan fingerprint density at radius 3 is 0.750 bits per heavy atom. The minimum atomic E-state index is 0. The van der Waals surface area contributed by atoms with E-state index in [1.54, 1.807) is 27.7 Å². The Morgan fingerprint density at radius 1 is 0.750 bits per heavy atom. The van der Waals surface area contributed by atoms with Gasteiger partial charge in [-0.3, -0.25) is 0 Å². The smallest absolute Gasteiger partial charge is 0.0402 e. The maximum Gasteiger partial charge on any atom is 0.0402 e. The molecule has 0 heterocycles. The van der Waals surface area contributed by atoms with Crippen LogP contribution < -0.4 is 0 Å². The van der Waals surface area contributed by atoms with Crippen LogP contribution in [0.15, 0.2) is 0 Å². The van der Waals surface area contributed by atoms with Crippen LogP contribution in [0.5, 0.6) is 0 Å². The van der Waals surface area contributed by atoms with Gasteiger partial charge >= 0.3 is 0 Å². The normalized spacial score (nSPS) is 5.00. The van der Waals surface area contributed by atoms with Gasteiger partial charge in [-0.1, -0.05) is 0 Å². The van der Waals surface area contributed by atoms with Gasteiger partial charge in [-0.15, -0.1) is 0 Å². The van der Waals surface area contributed by atoms with E-state index in [1.807, 2.05) is 0 Å². The predicted molar refractivity (Wildman–Crippen MR) is 49.3 cm³/mol. The van der Waals surface area contributed by atoms with Crippen molar-refractivity contribution in [3.05, 3.63) is 6.92 Å². The molecule has 4 heteroatoms. The number of aliphatic hydroxyl groups excluding tert-OH is 3. The van der Waals surface area contributed by atoms with Crippen molar-refractivity contribution in [3.8, 4) is 0 Å². The van der Waals surface area contributed by atoms with Crippen molar-refractivity contribution in [2.45, 2.75) is 27.7 Å². The summed E-state index contributed by atoms with van der Waals surface area (Å²) in [6.45, 7) is 10.8. The zero-order valence-electron chi connectivity index (χ0n) is 8.67. The summed E-state index contributed by atoms with van der Waals surface area (Å²) in [5, 5.41) is 22.7. The van der Waals surface area contributed by atoms with E-state index < -0.39 is 0 Å². The fraction of sp³-hybridized carbons (Fsp3) is 0.875. The first-order valence-corrected chi connectivity index (χ1v) is 3.78. The van der Waals surface area contributed by atoms with Gasteiger partial charge in [0.25, 0.3) is 0 Å². The zero-order valence-corrected chi connectivity index (χ0v) is 10.2. The van der Waals surface area contributed by atoms with Crippen LogP contribution in [-0.4, -0.2) is 35.1 Å². The largest absolute Gasteiger partial charge is 0.397 e. The molecule has 3 N–H and O–H groups in total. The number of hydrogen-bond donors (Lipinski definition) is 3. The van der Waals surface area contributed by atoms with Crippen LogP contribution in [0.2, 0.25) is 0 Å². The molecule has 0 amide bonds. The fourth-order valence-corrected chi connectivity index (χ4v) is 0. The molecule has 0 atom stereocenters. The summed E-state index contributed by atoms with van der Waals surface area (Å²) in [6.07, 6.45) is 0. The second kappa shape index (κ2) is 101. The van der Waals surface area contributed by atoms with Gasteiger partial charge in [0.2, 0.25) is 0 Å². The molecule has 0 spiro atoms. The van der Waals surface area contributed by atoms with E-state index in [4.69, 9.17) is 15.3 Å². The topological polar surface area (TPSA) is 60.7 Å². The van der Waals surface area contributed by atoms with Gasteiger partial charge < -0.3 is 22.2 Å². The molecular weight excluding hydrogens is 192 g/mol. The molecule has 0 unspecified atom stereocenters. The van der Waals surface area contributed by atoms with Crippen LogP contribution in [0.25, 0.3) is 0 Å². The van der Waals surface area contributed by atoms with Crippen LogP contribution in [0.3, 0.4) is 0 Å². The van der Waals surface area contributed by atoms with Crippen LogP contribution in [0.4, 0.5) is 0 Å². The second-order valence-electron chi connectivity index (χ2n) is 0.949. The Labute approximate surface area is 91.7 Å². The van der Waals surface area contributed by atoms with Gasteiger partial charge in [0.15, 0.2) is 0 Å². The molecule has 0 aromatic rings. The average molecular weight is 215 g/mol. The van der Waals surface area contributed by atoms with Crippen molar-refractivity contribution >= 4 is 0 Å². The Hall–Kier alpha value is 0.594. The van der Waals surface area contributed by atoms with Crippen LogP contribution in [-0.2, 0) is 21.7 Å².